The zero-order valence-corrected chi connectivity index (χ0v) is 18.5. The largest absolute Gasteiger partial charge is 0.341 e. The highest BCUT2D eigenvalue weighted by Crippen LogP contribution is 2.26. The lowest BCUT2D eigenvalue weighted by Crippen LogP contribution is -2.19. The van der Waals surface area contributed by atoms with Crippen molar-refractivity contribution in [3.63, 3.8) is 0 Å². The van der Waals surface area contributed by atoms with E-state index in [1.807, 2.05) is 102 Å². The van der Waals surface area contributed by atoms with E-state index in [1.54, 1.807) is 12.1 Å². The van der Waals surface area contributed by atoms with Crippen LogP contribution in [0.5, 0.6) is 0 Å². The molecule has 0 spiro atoms. The van der Waals surface area contributed by atoms with E-state index in [1.165, 1.54) is 0 Å². The van der Waals surface area contributed by atoms with Gasteiger partial charge in [-0.2, -0.15) is 0 Å². The van der Waals surface area contributed by atoms with E-state index in [-0.39, 0.29) is 17.0 Å². The minimum absolute atomic E-state index is 0.166. The molecule has 2 aromatic heterocycles. The van der Waals surface area contributed by atoms with E-state index < -0.39 is 0 Å². The molecule has 0 radical (unpaired) electrons. The quantitative estimate of drug-likeness (QED) is 0.364. The molecule has 0 aliphatic carbocycles. The average molecular weight is 447 g/mol. The number of rotatable bonds is 5. The first-order valence-electron chi connectivity index (χ1n) is 10.9. The second kappa shape index (κ2) is 9.03. The standard InChI is InChI=1S/C28H22N4O2/c1-19-17-23(28(34)30-21-13-7-3-8-14-21)31-27-26(19)24(33)18-25(29-20-11-5-2-6-12-20)32(27)22-15-9-4-10-16-22/h2-18,29H,1H3,(H,30,34). The van der Waals surface area contributed by atoms with Crippen molar-refractivity contribution < 1.29 is 4.79 Å². The molecule has 2 heterocycles. The molecule has 0 saturated heterocycles. The predicted molar refractivity (Wildman–Crippen MR) is 136 cm³/mol. The summed E-state index contributed by atoms with van der Waals surface area (Å²) < 4.78 is 1.87. The minimum atomic E-state index is -0.343. The summed E-state index contributed by atoms with van der Waals surface area (Å²) in [5, 5.41) is 6.68. The Bertz CT molecular complexity index is 1530. The van der Waals surface area contributed by atoms with Crippen molar-refractivity contribution in [1.82, 2.24) is 9.55 Å². The van der Waals surface area contributed by atoms with Gasteiger partial charge in [0.2, 0.25) is 0 Å². The Kier molecular flexibility index (Phi) is 5.62. The molecule has 3 aromatic carbocycles. The Hall–Kier alpha value is -4.71. The number of carbonyl (C=O) groups is 1. The zero-order valence-electron chi connectivity index (χ0n) is 18.5. The molecule has 0 aliphatic heterocycles. The predicted octanol–water partition coefficient (Wildman–Crippen LogP) is 5.69. The number of benzene rings is 3. The number of pyridine rings is 2. The van der Waals surface area contributed by atoms with Crippen LogP contribution in [0.15, 0.2) is 108 Å². The van der Waals surface area contributed by atoms with Gasteiger partial charge in [0.15, 0.2) is 11.1 Å². The van der Waals surface area contributed by atoms with Crippen LogP contribution in [0.1, 0.15) is 16.1 Å². The van der Waals surface area contributed by atoms with Gasteiger partial charge in [0.25, 0.3) is 5.91 Å². The average Bonchev–Trinajstić information content (AvgIpc) is 2.85. The number of aryl methyl sites for hydroxylation is 1. The second-order valence-corrected chi connectivity index (χ2v) is 7.90. The van der Waals surface area contributed by atoms with Crippen LogP contribution in [0.4, 0.5) is 17.2 Å². The van der Waals surface area contributed by atoms with Gasteiger partial charge in [-0.25, -0.2) is 4.98 Å². The maximum atomic E-state index is 13.2. The smallest absolute Gasteiger partial charge is 0.274 e. The molecule has 0 aliphatic rings. The van der Waals surface area contributed by atoms with E-state index in [0.717, 1.165) is 11.4 Å². The number of carbonyl (C=O) groups excluding carboxylic acids is 1. The van der Waals surface area contributed by atoms with E-state index in [9.17, 15) is 9.59 Å². The summed E-state index contributed by atoms with van der Waals surface area (Å²) in [7, 11) is 0. The van der Waals surface area contributed by atoms with Crippen molar-refractivity contribution in [3.05, 3.63) is 125 Å². The van der Waals surface area contributed by atoms with Crippen LogP contribution in [0.2, 0.25) is 0 Å². The van der Waals surface area contributed by atoms with Crippen LogP contribution in [-0.4, -0.2) is 15.5 Å². The molecule has 34 heavy (non-hydrogen) atoms. The number of nitrogens with zero attached hydrogens (tertiary/aromatic N) is 2. The van der Waals surface area contributed by atoms with Gasteiger partial charge in [-0.05, 0) is 55.0 Å². The molecule has 1 amide bonds. The fraction of sp³-hybridized carbons (Fsp3) is 0.0357. The lowest BCUT2D eigenvalue weighted by molar-refractivity contribution is 0.102. The fourth-order valence-corrected chi connectivity index (χ4v) is 3.93. The van der Waals surface area contributed by atoms with E-state index in [0.29, 0.717) is 28.1 Å². The molecule has 2 N–H and O–H groups in total. The Labute approximate surface area is 196 Å². The van der Waals surface area contributed by atoms with Gasteiger partial charge in [-0.15, -0.1) is 0 Å². The first-order valence-corrected chi connectivity index (χ1v) is 10.9. The molecular formula is C28H22N4O2. The SMILES string of the molecule is Cc1cc(C(=O)Nc2ccccc2)nc2c1c(=O)cc(Nc1ccccc1)n2-c1ccccc1. The molecule has 6 nitrogen and oxygen atoms in total. The molecule has 0 fully saturated rings. The number of nitrogens with one attached hydrogen (secondary N) is 2. The molecule has 166 valence electrons. The number of anilines is 3. The van der Waals surface area contributed by atoms with Gasteiger partial charge in [0.05, 0.1) is 5.39 Å². The molecule has 0 bridgehead atoms. The molecule has 5 aromatic rings. The lowest BCUT2D eigenvalue weighted by atomic mass is 10.1. The van der Waals surface area contributed by atoms with Crippen molar-refractivity contribution in [1.29, 1.82) is 0 Å². The van der Waals surface area contributed by atoms with Crippen molar-refractivity contribution in [2.45, 2.75) is 6.92 Å². The Morgan fingerprint density at radius 2 is 1.38 bits per heavy atom. The van der Waals surface area contributed by atoms with Gasteiger partial charge in [0.1, 0.15) is 11.5 Å². The molecule has 0 unspecified atom stereocenters. The molecule has 0 saturated carbocycles. The Morgan fingerprint density at radius 3 is 2.03 bits per heavy atom. The summed E-state index contributed by atoms with van der Waals surface area (Å²) in [6.07, 6.45) is 0. The Balaban J connectivity index is 1.72. The van der Waals surface area contributed by atoms with E-state index in [4.69, 9.17) is 0 Å². The van der Waals surface area contributed by atoms with Crippen LogP contribution in [0.3, 0.4) is 0 Å². The van der Waals surface area contributed by atoms with Gasteiger partial charge in [-0.3, -0.25) is 14.2 Å². The summed E-state index contributed by atoms with van der Waals surface area (Å²) in [5.41, 5.74) is 3.49. The van der Waals surface area contributed by atoms with E-state index >= 15 is 0 Å². The molecule has 0 atom stereocenters. The third-order valence-electron chi connectivity index (χ3n) is 5.49. The van der Waals surface area contributed by atoms with Gasteiger partial charge in [-0.1, -0.05) is 54.6 Å². The first-order chi connectivity index (χ1) is 16.6. The fourth-order valence-electron chi connectivity index (χ4n) is 3.93. The van der Waals surface area contributed by atoms with Crippen LogP contribution in [0, 0.1) is 6.92 Å². The highest BCUT2D eigenvalue weighted by atomic mass is 16.2. The third-order valence-corrected chi connectivity index (χ3v) is 5.49. The van der Waals surface area contributed by atoms with Crippen LogP contribution in [-0.2, 0) is 0 Å². The van der Waals surface area contributed by atoms with Crippen molar-refractivity contribution in [3.8, 4) is 5.69 Å². The van der Waals surface area contributed by atoms with Crippen molar-refractivity contribution in [2.24, 2.45) is 0 Å². The van der Waals surface area contributed by atoms with Crippen LogP contribution < -0.4 is 16.1 Å². The molecular weight excluding hydrogens is 424 g/mol. The highest BCUT2D eigenvalue weighted by molar-refractivity contribution is 6.04. The summed E-state index contributed by atoms with van der Waals surface area (Å²) >= 11 is 0. The number of aromatic nitrogens is 2. The summed E-state index contributed by atoms with van der Waals surface area (Å²) in [4.78, 5) is 30.9. The van der Waals surface area contributed by atoms with E-state index in [2.05, 4.69) is 15.6 Å². The topological polar surface area (TPSA) is 76.0 Å². The number of hydrogen-bond acceptors (Lipinski definition) is 4. The summed E-state index contributed by atoms with van der Waals surface area (Å²) in [6, 6.07) is 31.7. The van der Waals surface area contributed by atoms with Crippen LogP contribution >= 0.6 is 0 Å². The van der Waals surface area contributed by atoms with Crippen molar-refractivity contribution in [2.75, 3.05) is 10.6 Å². The number of fused-ring (bicyclic) bond motifs is 1. The van der Waals surface area contributed by atoms with Gasteiger partial charge in [0, 0.05) is 23.1 Å². The normalized spacial score (nSPS) is 10.7. The second-order valence-electron chi connectivity index (χ2n) is 7.90. The summed E-state index contributed by atoms with van der Waals surface area (Å²) in [5.74, 6) is 0.215. The monoisotopic (exact) mass is 446 g/mol. The van der Waals surface area contributed by atoms with Gasteiger partial charge < -0.3 is 10.6 Å². The van der Waals surface area contributed by atoms with Crippen LogP contribution in [0.25, 0.3) is 16.7 Å². The maximum absolute atomic E-state index is 13.2. The number of hydrogen-bond donors (Lipinski definition) is 2. The molecule has 6 heteroatoms. The van der Waals surface area contributed by atoms with Gasteiger partial charge >= 0.3 is 0 Å². The third kappa shape index (κ3) is 4.17. The maximum Gasteiger partial charge on any atom is 0.274 e. The van der Waals surface area contributed by atoms with Crippen molar-refractivity contribution >= 4 is 34.1 Å². The highest BCUT2D eigenvalue weighted by Gasteiger charge is 2.18. The summed E-state index contributed by atoms with van der Waals surface area (Å²) in [6.45, 7) is 1.82. The lowest BCUT2D eigenvalue weighted by Gasteiger charge is -2.19. The number of para-hydroxylation sites is 3. The first kappa shape index (κ1) is 21.2. The molecule has 5 rings (SSSR count). The minimum Gasteiger partial charge on any atom is -0.341 e. The zero-order chi connectivity index (χ0) is 23.5. The Morgan fingerprint density at radius 1 is 0.794 bits per heavy atom. The number of amides is 1.